The molecule has 0 aliphatic carbocycles. The van der Waals surface area contributed by atoms with Crippen LogP contribution in [0.25, 0.3) is 0 Å². The van der Waals surface area contributed by atoms with Gasteiger partial charge in [0.2, 0.25) is 0 Å². The van der Waals surface area contributed by atoms with Gasteiger partial charge in [-0.25, -0.2) is 4.79 Å². The van der Waals surface area contributed by atoms with E-state index in [1.54, 1.807) is 6.92 Å². The average Bonchev–Trinajstić information content (AvgIpc) is 1.83. The molecule has 0 saturated heterocycles. The molecule has 0 spiro atoms. The Balaban J connectivity index is 3.86. The zero-order valence-electron chi connectivity index (χ0n) is 5.16. The lowest BCUT2D eigenvalue weighted by atomic mass is 10.3. The lowest BCUT2D eigenvalue weighted by molar-refractivity contribution is -0.131. The summed E-state index contributed by atoms with van der Waals surface area (Å²) >= 11 is 0. The number of allylic oxidation sites excluding steroid dienone is 2. The van der Waals surface area contributed by atoms with Gasteiger partial charge in [0.05, 0.1) is 0 Å². The standard InChI is InChI=1S/C6H9NO2/c1-5(4-7)2-3-6(8)9/h2-4H,7H2,1H3,(H,8,9)/b3-2+,5-4+. The van der Waals surface area contributed by atoms with Crippen LogP contribution in [0, 0.1) is 0 Å². The van der Waals surface area contributed by atoms with Crippen molar-refractivity contribution in [2.24, 2.45) is 5.73 Å². The molecule has 0 atom stereocenters. The molecule has 3 N–H and O–H groups in total. The van der Waals surface area contributed by atoms with Crippen LogP contribution in [0.15, 0.2) is 23.9 Å². The summed E-state index contributed by atoms with van der Waals surface area (Å²) in [6.07, 6.45) is 3.82. The van der Waals surface area contributed by atoms with Crippen molar-refractivity contribution in [1.82, 2.24) is 0 Å². The van der Waals surface area contributed by atoms with E-state index in [2.05, 4.69) is 0 Å². The van der Waals surface area contributed by atoms with Crippen LogP contribution in [-0.2, 0) is 4.79 Å². The quantitative estimate of drug-likeness (QED) is 0.419. The number of carboxylic acids is 1. The minimum absolute atomic E-state index is 0.734. The number of hydrogen-bond donors (Lipinski definition) is 2. The van der Waals surface area contributed by atoms with Crippen molar-refractivity contribution in [1.29, 1.82) is 0 Å². The van der Waals surface area contributed by atoms with E-state index in [0.717, 1.165) is 11.6 Å². The molecular weight excluding hydrogens is 118 g/mol. The van der Waals surface area contributed by atoms with E-state index in [0.29, 0.717) is 0 Å². The zero-order valence-corrected chi connectivity index (χ0v) is 5.16. The van der Waals surface area contributed by atoms with E-state index < -0.39 is 5.97 Å². The Bertz CT molecular complexity index is 158. The van der Waals surface area contributed by atoms with Gasteiger partial charge in [-0.2, -0.15) is 0 Å². The fourth-order valence-electron chi connectivity index (χ4n) is 0.258. The first-order valence-corrected chi connectivity index (χ1v) is 2.46. The van der Waals surface area contributed by atoms with Gasteiger partial charge in [0, 0.05) is 6.08 Å². The van der Waals surface area contributed by atoms with Crippen molar-refractivity contribution in [2.45, 2.75) is 6.92 Å². The highest BCUT2D eigenvalue weighted by Gasteiger charge is 1.83. The second-order valence-electron chi connectivity index (χ2n) is 1.58. The molecule has 0 saturated carbocycles. The number of carboxylic acid groups (broad SMARTS) is 1. The van der Waals surface area contributed by atoms with Crippen LogP contribution in [0.2, 0.25) is 0 Å². The van der Waals surface area contributed by atoms with Gasteiger partial charge in [0.1, 0.15) is 0 Å². The second kappa shape index (κ2) is 3.72. The molecule has 3 nitrogen and oxygen atoms in total. The summed E-state index contributed by atoms with van der Waals surface area (Å²) in [5, 5.41) is 8.10. The smallest absolute Gasteiger partial charge is 0.328 e. The third kappa shape index (κ3) is 4.61. The van der Waals surface area contributed by atoms with Gasteiger partial charge in [-0.05, 0) is 18.7 Å². The molecule has 0 fully saturated rings. The molecule has 0 unspecified atom stereocenters. The van der Waals surface area contributed by atoms with Gasteiger partial charge >= 0.3 is 5.97 Å². The van der Waals surface area contributed by atoms with Crippen LogP contribution in [0.5, 0.6) is 0 Å². The highest BCUT2D eigenvalue weighted by molar-refractivity contribution is 5.80. The third-order valence-corrected chi connectivity index (χ3v) is 0.752. The van der Waals surface area contributed by atoms with E-state index in [1.165, 1.54) is 12.3 Å². The highest BCUT2D eigenvalue weighted by atomic mass is 16.4. The Hall–Kier alpha value is -1.25. The van der Waals surface area contributed by atoms with Crippen LogP contribution in [0.4, 0.5) is 0 Å². The molecule has 0 aromatic rings. The maximum Gasteiger partial charge on any atom is 0.328 e. The van der Waals surface area contributed by atoms with Gasteiger partial charge in [-0.1, -0.05) is 6.08 Å². The lowest BCUT2D eigenvalue weighted by Crippen LogP contribution is -1.87. The predicted molar refractivity (Wildman–Crippen MR) is 34.7 cm³/mol. The molecule has 0 aliphatic rings. The summed E-state index contributed by atoms with van der Waals surface area (Å²) in [5.41, 5.74) is 5.79. The van der Waals surface area contributed by atoms with Gasteiger partial charge in [-0.15, -0.1) is 0 Å². The van der Waals surface area contributed by atoms with E-state index in [4.69, 9.17) is 10.8 Å². The molecule has 0 radical (unpaired) electrons. The van der Waals surface area contributed by atoms with E-state index in [9.17, 15) is 4.79 Å². The normalized spacial score (nSPS) is 12.3. The summed E-state index contributed by atoms with van der Waals surface area (Å²) in [7, 11) is 0. The summed E-state index contributed by atoms with van der Waals surface area (Å²) in [4.78, 5) is 9.86. The van der Waals surface area contributed by atoms with Crippen LogP contribution in [-0.4, -0.2) is 11.1 Å². The maximum atomic E-state index is 9.86. The lowest BCUT2D eigenvalue weighted by Gasteiger charge is -1.83. The van der Waals surface area contributed by atoms with Crippen molar-refractivity contribution >= 4 is 5.97 Å². The predicted octanol–water partition coefficient (Wildman–Crippen LogP) is 0.490. The minimum atomic E-state index is -0.962. The van der Waals surface area contributed by atoms with Gasteiger partial charge in [0.15, 0.2) is 0 Å². The van der Waals surface area contributed by atoms with Crippen molar-refractivity contribution in [3.63, 3.8) is 0 Å². The first-order chi connectivity index (χ1) is 4.16. The second-order valence-corrected chi connectivity index (χ2v) is 1.58. The summed E-state index contributed by atoms with van der Waals surface area (Å²) in [6, 6.07) is 0. The fourth-order valence-corrected chi connectivity index (χ4v) is 0.258. The Kier molecular flexibility index (Phi) is 3.20. The first kappa shape index (κ1) is 7.75. The summed E-state index contributed by atoms with van der Waals surface area (Å²) in [6.45, 7) is 1.72. The van der Waals surface area contributed by atoms with Crippen LogP contribution >= 0.6 is 0 Å². The zero-order chi connectivity index (χ0) is 7.28. The summed E-state index contributed by atoms with van der Waals surface area (Å²) in [5.74, 6) is -0.962. The van der Waals surface area contributed by atoms with E-state index in [-0.39, 0.29) is 0 Å². The molecule has 9 heavy (non-hydrogen) atoms. The van der Waals surface area contributed by atoms with Gasteiger partial charge in [-0.3, -0.25) is 0 Å². The topological polar surface area (TPSA) is 63.3 Å². The minimum Gasteiger partial charge on any atom is -0.478 e. The summed E-state index contributed by atoms with van der Waals surface area (Å²) < 4.78 is 0. The maximum absolute atomic E-state index is 9.86. The van der Waals surface area contributed by atoms with Crippen LogP contribution < -0.4 is 5.73 Å². The molecule has 0 rings (SSSR count). The highest BCUT2D eigenvalue weighted by Crippen LogP contribution is 1.89. The number of rotatable bonds is 2. The molecule has 0 aromatic heterocycles. The number of carbonyl (C=O) groups is 1. The largest absolute Gasteiger partial charge is 0.478 e. The Morgan fingerprint density at radius 1 is 1.56 bits per heavy atom. The van der Waals surface area contributed by atoms with E-state index in [1.807, 2.05) is 0 Å². The van der Waals surface area contributed by atoms with Crippen LogP contribution in [0.1, 0.15) is 6.92 Å². The van der Waals surface area contributed by atoms with Gasteiger partial charge < -0.3 is 10.8 Å². The fraction of sp³-hybridized carbons (Fsp3) is 0.167. The molecular formula is C6H9NO2. The van der Waals surface area contributed by atoms with Crippen molar-refractivity contribution in [2.75, 3.05) is 0 Å². The molecule has 3 heteroatoms. The van der Waals surface area contributed by atoms with E-state index >= 15 is 0 Å². The molecule has 0 amide bonds. The van der Waals surface area contributed by atoms with Crippen molar-refractivity contribution in [3.05, 3.63) is 23.9 Å². The number of hydrogen-bond acceptors (Lipinski definition) is 2. The Morgan fingerprint density at radius 2 is 2.11 bits per heavy atom. The SMILES string of the molecule is CC(/C=C/C(=O)O)=C\N. The van der Waals surface area contributed by atoms with Crippen LogP contribution in [0.3, 0.4) is 0 Å². The number of nitrogens with two attached hydrogens (primary N) is 1. The average molecular weight is 127 g/mol. The third-order valence-electron chi connectivity index (χ3n) is 0.752. The molecule has 0 bridgehead atoms. The Labute approximate surface area is 53.5 Å². The molecule has 50 valence electrons. The number of aliphatic carboxylic acids is 1. The monoisotopic (exact) mass is 127 g/mol. The Morgan fingerprint density at radius 3 is 2.44 bits per heavy atom. The van der Waals surface area contributed by atoms with Crippen molar-refractivity contribution < 1.29 is 9.90 Å². The molecule has 0 heterocycles. The molecule has 0 aromatic carbocycles. The van der Waals surface area contributed by atoms with Crippen molar-refractivity contribution in [3.8, 4) is 0 Å². The van der Waals surface area contributed by atoms with Gasteiger partial charge in [0.25, 0.3) is 0 Å². The molecule has 0 aliphatic heterocycles. The first-order valence-electron chi connectivity index (χ1n) is 2.46.